The van der Waals surface area contributed by atoms with Gasteiger partial charge < -0.3 is 14.8 Å². The molecule has 3 aromatic rings. The summed E-state index contributed by atoms with van der Waals surface area (Å²) >= 11 is 12.5. The lowest BCUT2D eigenvalue weighted by Gasteiger charge is -2.35. The topological polar surface area (TPSA) is 79.4 Å². The number of aromatic amines is 1. The Hall–Kier alpha value is -2.76. The molecule has 0 spiro atoms. The lowest BCUT2D eigenvalue weighted by Crippen LogP contribution is -2.44. The average molecular weight is 460 g/mol. The summed E-state index contributed by atoms with van der Waals surface area (Å²) in [6.45, 7) is 5.36. The molecule has 0 amide bonds. The van der Waals surface area contributed by atoms with Crippen LogP contribution in [0.3, 0.4) is 0 Å². The van der Waals surface area contributed by atoms with Crippen LogP contribution in [0.2, 0.25) is 10.0 Å². The van der Waals surface area contributed by atoms with Gasteiger partial charge in [0.25, 0.3) is 0 Å². The normalized spacial score (nSPS) is 13.5. The third-order valence-corrected chi connectivity index (χ3v) is 5.47. The Morgan fingerprint density at radius 1 is 1.03 bits per heavy atom. The second-order valence-electron chi connectivity index (χ2n) is 8.29. The first-order chi connectivity index (χ1) is 14.5. The van der Waals surface area contributed by atoms with Crippen molar-refractivity contribution in [2.45, 2.75) is 38.2 Å². The third-order valence-electron chi connectivity index (χ3n) is 4.88. The smallest absolute Gasteiger partial charge is 0.335 e. The van der Waals surface area contributed by atoms with E-state index in [4.69, 9.17) is 27.9 Å². The quantitative estimate of drug-likeness (QED) is 0.450. The Kier molecular flexibility index (Phi) is 6.48. The Morgan fingerprint density at radius 2 is 1.77 bits per heavy atom. The van der Waals surface area contributed by atoms with Gasteiger partial charge in [-0.15, -0.1) is 0 Å². The Bertz CT molecular complexity index is 1100. The van der Waals surface area contributed by atoms with Crippen LogP contribution in [0.25, 0.3) is 0 Å². The van der Waals surface area contributed by atoms with E-state index in [1.165, 1.54) is 12.1 Å². The number of aromatic nitrogens is 1. The van der Waals surface area contributed by atoms with Crippen LogP contribution in [0, 0.1) is 0 Å². The molecule has 1 heterocycles. The van der Waals surface area contributed by atoms with Crippen molar-refractivity contribution in [2.24, 2.45) is 0 Å². The fourth-order valence-electron chi connectivity index (χ4n) is 3.48. The van der Waals surface area contributed by atoms with Crippen LogP contribution in [-0.4, -0.2) is 27.6 Å². The van der Waals surface area contributed by atoms with Crippen molar-refractivity contribution in [1.29, 1.82) is 0 Å². The number of carboxylic acid groups (broad SMARTS) is 1. The number of benzene rings is 2. The fraction of sp³-hybridized carbons (Fsp3) is 0.250. The Labute approximate surface area is 191 Å². The maximum Gasteiger partial charge on any atom is 0.335 e. The summed E-state index contributed by atoms with van der Waals surface area (Å²) in [5.41, 5.74) is -0.333. The molecule has 1 atom stereocenters. The minimum Gasteiger partial charge on any atom is -0.478 e. The molecular formula is C24H23Cl2NO4. The van der Waals surface area contributed by atoms with E-state index in [-0.39, 0.29) is 12.0 Å². The van der Waals surface area contributed by atoms with E-state index < -0.39 is 23.0 Å². The Balaban J connectivity index is 2.29. The number of aromatic carboxylic acids is 1. The summed E-state index contributed by atoms with van der Waals surface area (Å²) in [5.74, 6) is -1.60. The average Bonchev–Trinajstić information content (AvgIpc) is 3.21. The molecule has 7 heteroatoms. The van der Waals surface area contributed by atoms with E-state index in [1.807, 2.05) is 0 Å². The number of carboxylic acids is 1. The lowest BCUT2D eigenvalue weighted by atomic mass is 9.72. The molecule has 3 rings (SSSR count). The van der Waals surface area contributed by atoms with Crippen LogP contribution in [0.4, 0.5) is 0 Å². The molecule has 2 N–H and O–H groups in total. The van der Waals surface area contributed by atoms with Crippen molar-refractivity contribution >= 4 is 35.1 Å². The van der Waals surface area contributed by atoms with E-state index in [2.05, 4.69) is 4.98 Å². The largest absolute Gasteiger partial charge is 0.478 e. The minimum absolute atomic E-state index is 0.0687. The van der Waals surface area contributed by atoms with Crippen LogP contribution in [0.1, 0.15) is 48.0 Å². The van der Waals surface area contributed by atoms with Gasteiger partial charge in [-0.1, -0.05) is 41.4 Å². The standard InChI is InChI=1S/C24H23Cl2NO4/c1-23(2,3)31-22(30)24(20-8-5-11-27-20,14-16-9-10-18(25)13-19(16)26)17-7-4-6-15(12-17)21(28)29/h4-13,27H,14H2,1-3H3,(H,28,29). The highest BCUT2D eigenvalue weighted by atomic mass is 35.5. The first kappa shape index (κ1) is 22.9. The number of nitrogens with one attached hydrogen (secondary N) is 1. The van der Waals surface area contributed by atoms with Gasteiger partial charge in [0.2, 0.25) is 0 Å². The van der Waals surface area contributed by atoms with Crippen molar-refractivity contribution in [3.05, 3.63) is 93.2 Å². The number of H-pyrrole nitrogens is 1. The van der Waals surface area contributed by atoms with Crippen LogP contribution in [0.15, 0.2) is 60.8 Å². The van der Waals surface area contributed by atoms with E-state index in [0.29, 0.717) is 26.9 Å². The summed E-state index contributed by atoms with van der Waals surface area (Å²) in [4.78, 5) is 28.6. The second kappa shape index (κ2) is 8.77. The molecular weight excluding hydrogens is 437 g/mol. The third kappa shape index (κ3) is 4.94. The summed E-state index contributed by atoms with van der Waals surface area (Å²) < 4.78 is 5.84. The molecule has 162 valence electrons. The van der Waals surface area contributed by atoms with Gasteiger partial charge in [-0.05, 0) is 74.7 Å². The minimum atomic E-state index is -1.36. The second-order valence-corrected chi connectivity index (χ2v) is 9.13. The number of hydrogen-bond acceptors (Lipinski definition) is 3. The predicted molar refractivity (Wildman–Crippen MR) is 121 cm³/mol. The zero-order valence-corrected chi connectivity index (χ0v) is 18.9. The molecule has 0 aliphatic heterocycles. The molecule has 0 aliphatic carbocycles. The van der Waals surface area contributed by atoms with Crippen molar-refractivity contribution < 1.29 is 19.4 Å². The molecule has 0 saturated heterocycles. The fourth-order valence-corrected chi connectivity index (χ4v) is 3.96. The molecule has 1 unspecified atom stereocenters. The van der Waals surface area contributed by atoms with Gasteiger partial charge in [-0.3, -0.25) is 4.79 Å². The molecule has 0 fully saturated rings. The van der Waals surface area contributed by atoms with Gasteiger partial charge in [0, 0.05) is 21.9 Å². The molecule has 5 nitrogen and oxygen atoms in total. The van der Waals surface area contributed by atoms with Crippen LogP contribution in [0.5, 0.6) is 0 Å². The van der Waals surface area contributed by atoms with E-state index >= 15 is 0 Å². The first-order valence-electron chi connectivity index (χ1n) is 9.68. The summed E-state index contributed by atoms with van der Waals surface area (Å²) in [6, 6.07) is 14.9. The molecule has 2 aromatic carbocycles. The van der Waals surface area contributed by atoms with Crippen molar-refractivity contribution in [2.75, 3.05) is 0 Å². The highest BCUT2D eigenvalue weighted by Crippen LogP contribution is 2.40. The van der Waals surface area contributed by atoms with Crippen molar-refractivity contribution in [1.82, 2.24) is 4.98 Å². The number of carbonyl (C=O) groups is 2. The lowest BCUT2D eigenvalue weighted by molar-refractivity contribution is -0.160. The van der Waals surface area contributed by atoms with Gasteiger partial charge in [0.05, 0.1) is 5.56 Å². The van der Waals surface area contributed by atoms with Gasteiger partial charge in [0.1, 0.15) is 11.0 Å². The maximum absolute atomic E-state index is 13.8. The summed E-state index contributed by atoms with van der Waals surface area (Å²) in [5, 5.41) is 10.4. The van der Waals surface area contributed by atoms with E-state index in [9.17, 15) is 14.7 Å². The monoisotopic (exact) mass is 459 g/mol. The number of rotatable bonds is 6. The van der Waals surface area contributed by atoms with Crippen molar-refractivity contribution in [3.8, 4) is 0 Å². The van der Waals surface area contributed by atoms with E-state index in [0.717, 1.165) is 0 Å². The van der Waals surface area contributed by atoms with Gasteiger partial charge in [-0.2, -0.15) is 0 Å². The highest BCUT2D eigenvalue weighted by Gasteiger charge is 2.46. The number of ether oxygens (including phenoxy) is 1. The van der Waals surface area contributed by atoms with Crippen molar-refractivity contribution in [3.63, 3.8) is 0 Å². The molecule has 31 heavy (non-hydrogen) atoms. The maximum atomic E-state index is 13.8. The van der Waals surface area contributed by atoms with Crippen LogP contribution >= 0.6 is 23.2 Å². The summed E-state index contributed by atoms with van der Waals surface area (Å²) in [7, 11) is 0. The zero-order chi connectivity index (χ0) is 22.8. The van der Waals surface area contributed by atoms with Crippen LogP contribution in [-0.2, 0) is 21.4 Å². The number of carbonyl (C=O) groups excluding carboxylic acids is 1. The number of hydrogen-bond donors (Lipinski definition) is 2. The molecule has 0 bridgehead atoms. The van der Waals surface area contributed by atoms with Gasteiger partial charge in [0.15, 0.2) is 0 Å². The predicted octanol–water partition coefficient (Wildman–Crippen LogP) is 5.89. The molecule has 0 aliphatic rings. The Morgan fingerprint density at radius 3 is 2.35 bits per heavy atom. The van der Waals surface area contributed by atoms with Crippen LogP contribution < -0.4 is 0 Å². The number of halogens is 2. The molecule has 0 radical (unpaired) electrons. The zero-order valence-electron chi connectivity index (χ0n) is 17.4. The van der Waals surface area contributed by atoms with E-state index in [1.54, 1.807) is 69.4 Å². The van der Waals surface area contributed by atoms with Gasteiger partial charge >= 0.3 is 11.9 Å². The first-order valence-corrected chi connectivity index (χ1v) is 10.4. The summed E-state index contributed by atoms with van der Waals surface area (Å²) in [6.07, 6.45) is 1.85. The molecule has 0 saturated carbocycles. The number of esters is 1. The SMILES string of the molecule is CC(C)(C)OC(=O)C(Cc1ccc(Cl)cc1Cl)(c1cccc(C(=O)O)c1)c1ccc[nH]1. The van der Waals surface area contributed by atoms with Gasteiger partial charge in [-0.25, -0.2) is 4.79 Å². The molecule has 1 aromatic heterocycles. The highest BCUT2D eigenvalue weighted by molar-refractivity contribution is 6.35.